The Morgan fingerprint density at radius 3 is 2.41 bits per heavy atom. The van der Waals surface area contributed by atoms with Crippen LogP contribution in [-0.4, -0.2) is 65.9 Å². The number of hydrogen-bond acceptors (Lipinski definition) is 3. The molecule has 0 bridgehead atoms. The molecule has 2 saturated heterocycles. The maximum atomic E-state index is 12.8. The monoisotopic (exact) mass is 394 g/mol. The predicted octanol–water partition coefficient (Wildman–Crippen LogP) is 2.32. The summed E-state index contributed by atoms with van der Waals surface area (Å²) in [6.45, 7) is 3.28. The summed E-state index contributed by atoms with van der Waals surface area (Å²) >= 11 is 0. The fraction of sp³-hybridized carbons (Fsp3) is 0.600. The Kier molecular flexibility index (Phi) is 7.92. The lowest BCUT2D eigenvalue weighted by Gasteiger charge is -2.36. The number of nitrogens with zero attached hydrogens (tertiary/aromatic N) is 3. The number of carbonyl (C=O) groups is 2. The summed E-state index contributed by atoms with van der Waals surface area (Å²) in [6, 6.07) is 10.2. The molecule has 3 amide bonds. The van der Waals surface area contributed by atoms with Crippen LogP contribution in [0.1, 0.15) is 31.2 Å². The number of nitrogens with two attached hydrogens (primary N) is 1. The minimum absolute atomic E-state index is 0. The third-order valence-corrected chi connectivity index (χ3v) is 5.64. The van der Waals surface area contributed by atoms with Crippen molar-refractivity contribution in [1.29, 1.82) is 0 Å². The maximum absolute atomic E-state index is 12.8. The molecule has 1 unspecified atom stereocenters. The summed E-state index contributed by atoms with van der Waals surface area (Å²) < 4.78 is 0. The minimum atomic E-state index is 0. The highest BCUT2D eigenvalue weighted by Gasteiger charge is 2.35. The summed E-state index contributed by atoms with van der Waals surface area (Å²) in [4.78, 5) is 31.1. The Morgan fingerprint density at radius 1 is 1.11 bits per heavy atom. The van der Waals surface area contributed by atoms with Crippen molar-refractivity contribution in [3.63, 3.8) is 0 Å². The largest absolute Gasteiger partial charge is 0.338 e. The SMILES string of the molecule is CN(Cc1ccccc1)C(=O)N1CCC(C(=O)N2CCCC2CN)CC1.Cl. The summed E-state index contributed by atoms with van der Waals surface area (Å²) in [5.74, 6) is 0.272. The molecule has 1 aromatic carbocycles. The van der Waals surface area contributed by atoms with Crippen molar-refractivity contribution in [1.82, 2.24) is 14.7 Å². The van der Waals surface area contributed by atoms with Crippen molar-refractivity contribution in [2.45, 2.75) is 38.3 Å². The highest BCUT2D eigenvalue weighted by molar-refractivity contribution is 5.85. The molecule has 2 heterocycles. The van der Waals surface area contributed by atoms with Gasteiger partial charge < -0.3 is 20.4 Å². The van der Waals surface area contributed by atoms with Gasteiger partial charge in [-0.1, -0.05) is 30.3 Å². The topological polar surface area (TPSA) is 69.9 Å². The van der Waals surface area contributed by atoms with Crippen molar-refractivity contribution >= 4 is 24.3 Å². The Labute approximate surface area is 168 Å². The van der Waals surface area contributed by atoms with Crippen LogP contribution in [0.4, 0.5) is 4.79 Å². The Hall–Kier alpha value is -1.79. The molecule has 2 aliphatic heterocycles. The molecule has 3 rings (SSSR count). The number of hydrogen-bond donors (Lipinski definition) is 1. The van der Waals surface area contributed by atoms with Gasteiger partial charge in [0.25, 0.3) is 0 Å². The first kappa shape index (κ1) is 21.5. The lowest BCUT2D eigenvalue weighted by Crippen LogP contribution is -2.49. The van der Waals surface area contributed by atoms with Crippen LogP contribution in [0, 0.1) is 5.92 Å². The zero-order chi connectivity index (χ0) is 18.5. The van der Waals surface area contributed by atoms with E-state index in [4.69, 9.17) is 5.73 Å². The van der Waals surface area contributed by atoms with E-state index in [9.17, 15) is 9.59 Å². The van der Waals surface area contributed by atoms with Gasteiger partial charge in [0, 0.05) is 51.7 Å². The molecule has 2 N–H and O–H groups in total. The number of carbonyl (C=O) groups excluding carboxylic acids is 2. The standard InChI is InChI=1S/C20H30N4O2.ClH/c1-22(15-16-6-3-2-4-7-16)20(26)23-12-9-17(10-13-23)19(25)24-11-5-8-18(24)14-21;/h2-4,6-7,17-18H,5,8-15,21H2,1H3;1H. The molecule has 0 aliphatic carbocycles. The maximum Gasteiger partial charge on any atom is 0.320 e. The summed E-state index contributed by atoms with van der Waals surface area (Å²) in [7, 11) is 1.84. The minimum Gasteiger partial charge on any atom is -0.338 e. The van der Waals surface area contributed by atoms with Crippen molar-refractivity contribution in [2.75, 3.05) is 33.2 Å². The molecule has 0 radical (unpaired) electrons. The molecule has 0 saturated carbocycles. The number of rotatable bonds is 4. The third kappa shape index (κ3) is 5.14. The molecule has 150 valence electrons. The molecule has 7 heteroatoms. The molecule has 27 heavy (non-hydrogen) atoms. The van der Waals surface area contributed by atoms with Gasteiger partial charge in [-0.3, -0.25) is 4.79 Å². The fourth-order valence-electron chi connectivity index (χ4n) is 4.09. The van der Waals surface area contributed by atoms with Gasteiger partial charge in [0.1, 0.15) is 0 Å². The molecule has 0 aromatic heterocycles. The van der Waals surface area contributed by atoms with E-state index >= 15 is 0 Å². The molecular weight excluding hydrogens is 364 g/mol. The number of piperidine rings is 1. The van der Waals surface area contributed by atoms with Crippen LogP contribution < -0.4 is 5.73 Å². The summed E-state index contributed by atoms with van der Waals surface area (Å²) in [6.07, 6.45) is 3.56. The highest BCUT2D eigenvalue weighted by Crippen LogP contribution is 2.25. The smallest absolute Gasteiger partial charge is 0.320 e. The third-order valence-electron chi connectivity index (χ3n) is 5.64. The normalized spacial score (nSPS) is 20.3. The highest BCUT2D eigenvalue weighted by atomic mass is 35.5. The second kappa shape index (κ2) is 9.95. The van der Waals surface area contributed by atoms with E-state index in [1.165, 1.54) is 0 Å². The number of halogens is 1. The van der Waals surface area contributed by atoms with E-state index in [0.29, 0.717) is 26.2 Å². The van der Waals surface area contributed by atoms with Crippen LogP contribution in [-0.2, 0) is 11.3 Å². The van der Waals surface area contributed by atoms with Crippen molar-refractivity contribution in [2.24, 2.45) is 11.7 Å². The Morgan fingerprint density at radius 2 is 1.78 bits per heavy atom. The van der Waals surface area contributed by atoms with E-state index in [-0.39, 0.29) is 36.3 Å². The van der Waals surface area contributed by atoms with Crippen molar-refractivity contribution < 1.29 is 9.59 Å². The lowest BCUT2D eigenvalue weighted by atomic mass is 9.95. The van der Waals surface area contributed by atoms with E-state index in [2.05, 4.69) is 0 Å². The van der Waals surface area contributed by atoms with Crippen molar-refractivity contribution in [3.8, 4) is 0 Å². The fourth-order valence-corrected chi connectivity index (χ4v) is 4.09. The van der Waals surface area contributed by atoms with Gasteiger partial charge in [0.2, 0.25) is 5.91 Å². The van der Waals surface area contributed by atoms with Gasteiger partial charge in [0.15, 0.2) is 0 Å². The van der Waals surface area contributed by atoms with Gasteiger partial charge in [-0.05, 0) is 31.2 Å². The van der Waals surface area contributed by atoms with Gasteiger partial charge in [-0.2, -0.15) is 0 Å². The van der Waals surface area contributed by atoms with Gasteiger partial charge in [-0.15, -0.1) is 12.4 Å². The van der Waals surface area contributed by atoms with E-state index < -0.39 is 0 Å². The van der Waals surface area contributed by atoms with Crippen LogP contribution >= 0.6 is 12.4 Å². The zero-order valence-corrected chi connectivity index (χ0v) is 16.9. The van der Waals surface area contributed by atoms with Crippen molar-refractivity contribution in [3.05, 3.63) is 35.9 Å². The van der Waals surface area contributed by atoms with Crippen LogP contribution in [0.2, 0.25) is 0 Å². The molecule has 1 aromatic rings. The first-order valence-corrected chi connectivity index (χ1v) is 9.64. The molecule has 0 spiro atoms. The number of benzene rings is 1. The predicted molar refractivity (Wildman–Crippen MR) is 109 cm³/mol. The van der Waals surface area contributed by atoms with Gasteiger partial charge in [0.05, 0.1) is 0 Å². The zero-order valence-electron chi connectivity index (χ0n) is 16.0. The molecule has 2 aliphatic rings. The first-order valence-electron chi connectivity index (χ1n) is 9.64. The van der Waals surface area contributed by atoms with Crippen LogP contribution in [0.25, 0.3) is 0 Å². The van der Waals surface area contributed by atoms with Crippen LogP contribution in [0.5, 0.6) is 0 Å². The summed E-state index contributed by atoms with van der Waals surface area (Å²) in [5.41, 5.74) is 6.92. The van der Waals surface area contributed by atoms with E-state index in [0.717, 1.165) is 37.8 Å². The van der Waals surface area contributed by atoms with E-state index in [1.807, 2.05) is 47.2 Å². The van der Waals surface area contributed by atoms with Gasteiger partial charge in [-0.25, -0.2) is 4.79 Å². The first-order chi connectivity index (χ1) is 12.6. The number of likely N-dealkylation sites (tertiary alicyclic amines) is 2. The van der Waals surface area contributed by atoms with E-state index in [1.54, 1.807) is 4.90 Å². The average Bonchev–Trinajstić information content (AvgIpc) is 3.16. The van der Waals surface area contributed by atoms with Gasteiger partial charge >= 0.3 is 6.03 Å². The molecule has 6 nitrogen and oxygen atoms in total. The molecule has 1 atom stereocenters. The molecular formula is C20H31ClN4O2. The van der Waals surface area contributed by atoms with Crippen LogP contribution in [0.3, 0.4) is 0 Å². The van der Waals surface area contributed by atoms with Crippen LogP contribution in [0.15, 0.2) is 30.3 Å². The second-order valence-electron chi connectivity index (χ2n) is 7.45. The quantitative estimate of drug-likeness (QED) is 0.851. The number of urea groups is 1. The average molecular weight is 395 g/mol. The number of amides is 3. The second-order valence-corrected chi connectivity index (χ2v) is 7.45. The Balaban J connectivity index is 0.00000261. The Bertz CT molecular complexity index is 620. The lowest BCUT2D eigenvalue weighted by molar-refractivity contribution is -0.137. The molecule has 2 fully saturated rings. The summed E-state index contributed by atoms with van der Waals surface area (Å²) in [5, 5.41) is 0.